The Labute approximate surface area is 111 Å². The monoisotopic (exact) mass is 247 g/mol. The van der Waals surface area contributed by atoms with Crippen molar-refractivity contribution in [2.24, 2.45) is 5.92 Å². The Morgan fingerprint density at radius 2 is 2.06 bits per heavy atom. The number of benzene rings is 1. The quantitative estimate of drug-likeness (QED) is 0.837. The molecular weight excluding hydrogens is 222 g/mol. The summed E-state index contributed by atoms with van der Waals surface area (Å²) in [6.45, 7) is 6.50. The first-order valence-corrected chi connectivity index (χ1v) is 7.02. The average molecular weight is 247 g/mol. The highest BCUT2D eigenvalue weighted by Crippen LogP contribution is 2.33. The summed E-state index contributed by atoms with van der Waals surface area (Å²) < 4.78 is 5.47. The zero-order chi connectivity index (χ0) is 13.1. The summed E-state index contributed by atoms with van der Waals surface area (Å²) in [4.78, 5) is 0. The SMILES string of the molecule is COc1c(C)ccc(NC(C)CC2CCC2)c1C. The molecule has 1 saturated carbocycles. The number of ether oxygens (including phenoxy) is 1. The third-order valence-electron chi connectivity index (χ3n) is 4.12. The Bertz CT molecular complexity index is 410. The molecule has 1 N–H and O–H groups in total. The fourth-order valence-corrected chi connectivity index (χ4v) is 2.85. The Hall–Kier alpha value is -1.18. The zero-order valence-corrected chi connectivity index (χ0v) is 12.0. The van der Waals surface area contributed by atoms with E-state index in [0.29, 0.717) is 6.04 Å². The largest absolute Gasteiger partial charge is 0.496 e. The molecular formula is C16H25NO. The van der Waals surface area contributed by atoms with Crippen LogP contribution >= 0.6 is 0 Å². The first kappa shape index (κ1) is 13.3. The molecule has 2 heteroatoms. The second-order valence-corrected chi connectivity index (χ2v) is 5.67. The predicted octanol–water partition coefficient (Wildman–Crippen LogP) is 4.30. The standard InChI is InChI=1S/C16H25NO/c1-11-8-9-15(13(3)16(11)18-4)17-12(2)10-14-6-5-7-14/h8-9,12,14,17H,5-7,10H2,1-4H3. The smallest absolute Gasteiger partial charge is 0.126 e. The fraction of sp³-hybridized carbons (Fsp3) is 0.625. The number of aryl methyl sites for hydroxylation is 1. The molecule has 0 spiro atoms. The van der Waals surface area contributed by atoms with Gasteiger partial charge in [0.1, 0.15) is 5.75 Å². The first-order valence-electron chi connectivity index (χ1n) is 7.02. The molecule has 0 heterocycles. The summed E-state index contributed by atoms with van der Waals surface area (Å²) in [7, 11) is 1.75. The molecule has 18 heavy (non-hydrogen) atoms. The zero-order valence-electron chi connectivity index (χ0n) is 12.0. The lowest BCUT2D eigenvalue weighted by Gasteiger charge is -2.29. The molecule has 0 aliphatic heterocycles. The van der Waals surface area contributed by atoms with Gasteiger partial charge < -0.3 is 10.1 Å². The maximum Gasteiger partial charge on any atom is 0.126 e. The summed E-state index contributed by atoms with van der Waals surface area (Å²) >= 11 is 0. The van der Waals surface area contributed by atoms with Crippen LogP contribution in [0.1, 0.15) is 43.7 Å². The van der Waals surface area contributed by atoms with Crippen molar-refractivity contribution in [3.63, 3.8) is 0 Å². The number of hydrogen-bond donors (Lipinski definition) is 1. The van der Waals surface area contributed by atoms with Gasteiger partial charge >= 0.3 is 0 Å². The number of hydrogen-bond acceptors (Lipinski definition) is 2. The second kappa shape index (κ2) is 5.64. The summed E-state index contributed by atoms with van der Waals surface area (Å²) in [5.41, 5.74) is 3.63. The molecule has 1 unspecified atom stereocenters. The van der Waals surface area contributed by atoms with Gasteiger partial charge in [0.05, 0.1) is 7.11 Å². The lowest BCUT2D eigenvalue weighted by Crippen LogP contribution is -2.23. The van der Waals surface area contributed by atoms with Crippen LogP contribution in [0.4, 0.5) is 5.69 Å². The van der Waals surface area contributed by atoms with Crippen LogP contribution in [-0.2, 0) is 0 Å². The molecule has 0 bridgehead atoms. The van der Waals surface area contributed by atoms with Crippen LogP contribution in [0.25, 0.3) is 0 Å². The fourth-order valence-electron chi connectivity index (χ4n) is 2.85. The van der Waals surface area contributed by atoms with Crippen molar-refractivity contribution in [2.75, 3.05) is 12.4 Å². The van der Waals surface area contributed by atoms with E-state index in [1.165, 1.54) is 42.5 Å². The minimum absolute atomic E-state index is 0.543. The van der Waals surface area contributed by atoms with E-state index in [1.54, 1.807) is 7.11 Å². The minimum atomic E-state index is 0.543. The van der Waals surface area contributed by atoms with Crippen LogP contribution in [0.15, 0.2) is 12.1 Å². The lowest BCUT2D eigenvalue weighted by atomic mass is 9.81. The number of methoxy groups -OCH3 is 1. The van der Waals surface area contributed by atoms with Gasteiger partial charge in [-0.05, 0) is 44.7 Å². The van der Waals surface area contributed by atoms with E-state index >= 15 is 0 Å². The molecule has 1 atom stereocenters. The van der Waals surface area contributed by atoms with Gasteiger partial charge in [-0.25, -0.2) is 0 Å². The van der Waals surface area contributed by atoms with E-state index in [2.05, 4.69) is 38.2 Å². The highest BCUT2D eigenvalue weighted by Gasteiger charge is 2.20. The summed E-state index contributed by atoms with van der Waals surface area (Å²) in [6.07, 6.45) is 5.55. The molecule has 0 aromatic heterocycles. The maximum absolute atomic E-state index is 5.47. The molecule has 2 rings (SSSR count). The van der Waals surface area contributed by atoms with Crippen LogP contribution in [-0.4, -0.2) is 13.2 Å². The Balaban J connectivity index is 2.03. The maximum atomic E-state index is 5.47. The number of rotatable bonds is 5. The van der Waals surface area contributed by atoms with Crippen molar-refractivity contribution in [3.05, 3.63) is 23.3 Å². The summed E-state index contributed by atoms with van der Waals surface area (Å²) in [6, 6.07) is 4.84. The number of anilines is 1. The van der Waals surface area contributed by atoms with E-state index in [9.17, 15) is 0 Å². The average Bonchev–Trinajstić information content (AvgIpc) is 2.28. The van der Waals surface area contributed by atoms with Crippen LogP contribution in [0.2, 0.25) is 0 Å². The van der Waals surface area contributed by atoms with Crippen molar-refractivity contribution in [2.45, 2.75) is 52.5 Å². The first-order chi connectivity index (χ1) is 8.61. The molecule has 1 aromatic carbocycles. The van der Waals surface area contributed by atoms with Crippen LogP contribution in [0.3, 0.4) is 0 Å². The van der Waals surface area contributed by atoms with E-state index in [0.717, 1.165) is 11.7 Å². The van der Waals surface area contributed by atoms with Crippen LogP contribution in [0, 0.1) is 19.8 Å². The van der Waals surface area contributed by atoms with Crippen molar-refractivity contribution in [3.8, 4) is 5.75 Å². The lowest BCUT2D eigenvalue weighted by molar-refractivity contribution is 0.286. The molecule has 0 radical (unpaired) electrons. The second-order valence-electron chi connectivity index (χ2n) is 5.67. The molecule has 1 aliphatic rings. The van der Waals surface area contributed by atoms with Crippen molar-refractivity contribution in [1.82, 2.24) is 0 Å². The van der Waals surface area contributed by atoms with Gasteiger partial charge in [0.15, 0.2) is 0 Å². The topological polar surface area (TPSA) is 21.3 Å². The Kier molecular flexibility index (Phi) is 4.15. The normalized spacial score (nSPS) is 17.1. The Morgan fingerprint density at radius 1 is 1.33 bits per heavy atom. The summed E-state index contributed by atoms with van der Waals surface area (Å²) in [5.74, 6) is 1.95. The van der Waals surface area contributed by atoms with Gasteiger partial charge in [0.2, 0.25) is 0 Å². The Morgan fingerprint density at radius 3 is 2.61 bits per heavy atom. The van der Waals surface area contributed by atoms with Crippen LogP contribution < -0.4 is 10.1 Å². The van der Waals surface area contributed by atoms with Crippen molar-refractivity contribution < 1.29 is 4.74 Å². The summed E-state index contributed by atoms with van der Waals surface area (Å²) in [5, 5.41) is 3.63. The molecule has 2 nitrogen and oxygen atoms in total. The third kappa shape index (κ3) is 2.80. The molecule has 0 saturated heterocycles. The van der Waals surface area contributed by atoms with E-state index in [-0.39, 0.29) is 0 Å². The molecule has 1 aromatic rings. The van der Waals surface area contributed by atoms with E-state index in [1.807, 2.05) is 0 Å². The van der Waals surface area contributed by atoms with Gasteiger partial charge in [0.25, 0.3) is 0 Å². The molecule has 0 amide bonds. The van der Waals surface area contributed by atoms with Crippen molar-refractivity contribution in [1.29, 1.82) is 0 Å². The molecule has 1 fully saturated rings. The predicted molar refractivity (Wildman–Crippen MR) is 77.5 cm³/mol. The van der Waals surface area contributed by atoms with Crippen LogP contribution in [0.5, 0.6) is 5.75 Å². The number of nitrogens with one attached hydrogen (secondary N) is 1. The van der Waals surface area contributed by atoms with Gasteiger partial charge in [-0.2, -0.15) is 0 Å². The highest BCUT2D eigenvalue weighted by atomic mass is 16.5. The van der Waals surface area contributed by atoms with E-state index < -0.39 is 0 Å². The molecule has 100 valence electrons. The van der Waals surface area contributed by atoms with Gasteiger partial charge in [-0.3, -0.25) is 0 Å². The minimum Gasteiger partial charge on any atom is -0.496 e. The molecule has 1 aliphatic carbocycles. The van der Waals surface area contributed by atoms with Gasteiger partial charge in [-0.1, -0.05) is 25.3 Å². The van der Waals surface area contributed by atoms with Gasteiger partial charge in [0, 0.05) is 17.3 Å². The highest BCUT2D eigenvalue weighted by molar-refractivity contribution is 5.59. The van der Waals surface area contributed by atoms with Gasteiger partial charge in [-0.15, -0.1) is 0 Å². The van der Waals surface area contributed by atoms with Crippen molar-refractivity contribution >= 4 is 5.69 Å². The third-order valence-corrected chi connectivity index (χ3v) is 4.12. The van der Waals surface area contributed by atoms with E-state index in [4.69, 9.17) is 4.74 Å².